The van der Waals surface area contributed by atoms with E-state index in [0.717, 1.165) is 6.07 Å². The van der Waals surface area contributed by atoms with Gasteiger partial charge in [0, 0.05) is 50.5 Å². The fourth-order valence-corrected chi connectivity index (χ4v) is 6.96. The third-order valence-electron chi connectivity index (χ3n) is 9.66. The van der Waals surface area contributed by atoms with Gasteiger partial charge in [-0.2, -0.15) is 13.2 Å². The van der Waals surface area contributed by atoms with Crippen molar-refractivity contribution in [3.63, 3.8) is 0 Å². The molecule has 264 valence electrons. The third-order valence-corrected chi connectivity index (χ3v) is 9.66. The van der Waals surface area contributed by atoms with Crippen LogP contribution in [-0.4, -0.2) is 81.1 Å². The van der Waals surface area contributed by atoms with Gasteiger partial charge in [0.1, 0.15) is 11.9 Å². The van der Waals surface area contributed by atoms with Crippen LogP contribution < -0.4 is 4.90 Å². The summed E-state index contributed by atoms with van der Waals surface area (Å²) in [6, 6.07) is 9.25. The highest BCUT2D eigenvalue weighted by Crippen LogP contribution is 2.47. The number of anilines is 1. The van der Waals surface area contributed by atoms with Crippen molar-refractivity contribution in [3.05, 3.63) is 76.4 Å². The molecule has 0 radical (unpaired) electrons. The molecule has 2 aromatic carbocycles. The van der Waals surface area contributed by atoms with Crippen molar-refractivity contribution in [1.82, 2.24) is 24.6 Å². The van der Waals surface area contributed by atoms with E-state index in [9.17, 15) is 22.8 Å². The molecule has 0 aliphatic carbocycles. The van der Waals surface area contributed by atoms with Gasteiger partial charge < -0.3 is 23.8 Å². The fraction of sp³-hybridized carbons (Fsp3) is 0.543. The SMILES string of the molecule is CC(C)[C@H]1CN(C(=O)OC(C)(C)C)CCN1Cc1cc2c(c(C(F)(F)F)c1)CN(c1cccc(C3([C@@H](F)c4nncn4C)COC3)c1)C2=O. The number of fused-ring (bicyclic) bond motifs is 1. The van der Waals surface area contributed by atoms with E-state index in [1.165, 1.54) is 15.8 Å². The highest BCUT2D eigenvalue weighted by Gasteiger charge is 2.51. The molecule has 2 fully saturated rings. The predicted octanol–water partition coefficient (Wildman–Crippen LogP) is 6.05. The number of ether oxygens (including phenoxy) is 2. The molecule has 2 amide bonds. The lowest BCUT2D eigenvalue weighted by molar-refractivity contribution is -0.138. The van der Waals surface area contributed by atoms with E-state index >= 15 is 4.39 Å². The molecule has 10 nitrogen and oxygen atoms in total. The summed E-state index contributed by atoms with van der Waals surface area (Å²) in [4.78, 5) is 31.7. The van der Waals surface area contributed by atoms with Crippen molar-refractivity contribution in [2.75, 3.05) is 37.7 Å². The summed E-state index contributed by atoms with van der Waals surface area (Å²) in [5.41, 5.74) is -1.41. The van der Waals surface area contributed by atoms with E-state index in [2.05, 4.69) is 15.1 Å². The van der Waals surface area contributed by atoms with Gasteiger partial charge in [-0.3, -0.25) is 9.69 Å². The molecule has 49 heavy (non-hydrogen) atoms. The molecular formula is C35H42F4N6O4. The number of aryl methyl sites for hydroxylation is 1. The summed E-state index contributed by atoms with van der Waals surface area (Å²) in [7, 11) is 1.64. The highest BCUT2D eigenvalue weighted by atomic mass is 19.4. The number of nitrogens with zero attached hydrogens (tertiary/aromatic N) is 6. The van der Waals surface area contributed by atoms with Crippen LogP contribution >= 0.6 is 0 Å². The number of piperazine rings is 1. The van der Waals surface area contributed by atoms with Crippen molar-refractivity contribution in [2.24, 2.45) is 13.0 Å². The Kier molecular flexibility index (Phi) is 9.01. The fourth-order valence-electron chi connectivity index (χ4n) is 6.96. The summed E-state index contributed by atoms with van der Waals surface area (Å²) in [5, 5.41) is 7.73. The van der Waals surface area contributed by atoms with E-state index in [-0.39, 0.29) is 55.2 Å². The maximum absolute atomic E-state index is 16.0. The molecule has 2 saturated heterocycles. The van der Waals surface area contributed by atoms with Crippen LogP contribution in [0.4, 0.5) is 28.0 Å². The van der Waals surface area contributed by atoms with Gasteiger partial charge in [-0.1, -0.05) is 26.0 Å². The molecule has 1 aromatic heterocycles. The Labute approximate surface area is 283 Å². The first-order chi connectivity index (χ1) is 23.0. The molecule has 0 unspecified atom stereocenters. The first-order valence-corrected chi connectivity index (χ1v) is 16.4. The predicted molar refractivity (Wildman–Crippen MR) is 173 cm³/mol. The number of aromatic nitrogens is 3. The Hall–Kier alpha value is -4.04. The quantitative estimate of drug-likeness (QED) is 0.280. The lowest BCUT2D eigenvalue weighted by Gasteiger charge is -2.43. The topological polar surface area (TPSA) is 93.0 Å². The number of carbonyl (C=O) groups is 2. The second-order valence-corrected chi connectivity index (χ2v) is 14.6. The van der Waals surface area contributed by atoms with Crippen molar-refractivity contribution < 1.29 is 36.6 Å². The lowest BCUT2D eigenvalue weighted by Crippen LogP contribution is -2.56. The second-order valence-electron chi connectivity index (χ2n) is 14.6. The number of hydrogen-bond acceptors (Lipinski definition) is 7. The number of alkyl halides is 4. The van der Waals surface area contributed by atoms with Crippen molar-refractivity contribution in [1.29, 1.82) is 0 Å². The zero-order chi connectivity index (χ0) is 35.5. The maximum Gasteiger partial charge on any atom is 0.416 e. The van der Waals surface area contributed by atoms with Gasteiger partial charge in [-0.25, -0.2) is 9.18 Å². The largest absolute Gasteiger partial charge is 0.444 e. The van der Waals surface area contributed by atoms with E-state index in [4.69, 9.17) is 9.47 Å². The molecule has 4 heterocycles. The van der Waals surface area contributed by atoms with Gasteiger partial charge >= 0.3 is 12.3 Å². The number of benzene rings is 2. The highest BCUT2D eigenvalue weighted by molar-refractivity contribution is 6.10. The van der Waals surface area contributed by atoms with Gasteiger partial charge in [0.05, 0.1) is 30.7 Å². The smallest absolute Gasteiger partial charge is 0.416 e. The van der Waals surface area contributed by atoms with Crippen LogP contribution in [0.15, 0.2) is 42.7 Å². The van der Waals surface area contributed by atoms with Crippen LogP contribution in [0.3, 0.4) is 0 Å². The maximum atomic E-state index is 16.0. The van der Waals surface area contributed by atoms with E-state index in [1.54, 1.807) is 63.1 Å². The van der Waals surface area contributed by atoms with Crippen LogP contribution in [0.2, 0.25) is 0 Å². The molecule has 2 atom stereocenters. The second kappa shape index (κ2) is 12.7. The minimum atomic E-state index is -4.70. The first-order valence-electron chi connectivity index (χ1n) is 16.4. The van der Waals surface area contributed by atoms with Crippen LogP contribution in [-0.2, 0) is 41.2 Å². The van der Waals surface area contributed by atoms with Gasteiger partial charge in [0.25, 0.3) is 5.91 Å². The van der Waals surface area contributed by atoms with Crippen molar-refractivity contribution in [3.8, 4) is 0 Å². The third kappa shape index (κ3) is 6.64. The minimum Gasteiger partial charge on any atom is -0.444 e. The number of amides is 2. The molecule has 0 saturated carbocycles. The van der Waals surface area contributed by atoms with Crippen LogP contribution in [0.1, 0.15) is 79.2 Å². The van der Waals surface area contributed by atoms with Crippen molar-refractivity contribution in [2.45, 2.75) is 77.1 Å². The monoisotopic (exact) mass is 686 g/mol. The summed E-state index contributed by atoms with van der Waals surface area (Å²) >= 11 is 0. The van der Waals surface area contributed by atoms with Gasteiger partial charge in [0.15, 0.2) is 12.0 Å². The minimum absolute atomic E-state index is 0.00661. The Balaban J connectivity index is 1.27. The Morgan fingerprint density at radius 3 is 2.45 bits per heavy atom. The zero-order valence-electron chi connectivity index (χ0n) is 28.6. The lowest BCUT2D eigenvalue weighted by atomic mass is 9.74. The summed E-state index contributed by atoms with van der Waals surface area (Å²) in [6.45, 7) is 10.6. The number of carbonyl (C=O) groups excluding carboxylic acids is 2. The molecular weight excluding hydrogens is 644 g/mol. The average Bonchev–Trinajstić information content (AvgIpc) is 3.57. The van der Waals surface area contributed by atoms with E-state index in [0.29, 0.717) is 36.4 Å². The molecule has 3 aromatic rings. The first kappa shape index (κ1) is 34.8. The molecule has 6 rings (SSSR count). The number of hydrogen-bond donors (Lipinski definition) is 0. The van der Waals surface area contributed by atoms with Gasteiger partial charge in [0.2, 0.25) is 0 Å². The Bertz CT molecular complexity index is 1730. The molecule has 0 N–H and O–H groups in total. The molecule has 0 spiro atoms. The zero-order valence-corrected chi connectivity index (χ0v) is 28.6. The summed E-state index contributed by atoms with van der Waals surface area (Å²) < 4.78 is 72.3. The van der Waals surface area contributed by atoms with Gasteiger partial charge in [-0.05, 0) is 67.6 Å². The Morgan fingerprint density at radius 1 is 1.12 bits per heavy atom. The Morgan fingerprint density at radius 2 is 1.86 bits per heavy atom. The van der Waals surface area contributed by atoms with Crippen LogP contribution in [0.25, 0.3) is 0 Å². The standard InChI is InChI=1S/C35H42F4N6O4/c1-21(2)28-17-44(32(47)49-33(3,4)5)11-10-43(28)15-22-12-25-26(27(13-22)35(37,38)39)16-45(31(25)46)24-9-7-8-23(14-24)34(18-48-19-34)29(36)30-41-40-20-42(30)6/h7-9,12-14,20-21,28-29H,10-11,15-19H2,1-6H3/t28-,29+/m1/s1. The molecule has 0 bridgehead atoms. The summed E-state index contributed by atoms with van der Waals surface area (Å²) in [6.07, 6.45) is -5.27. The average molecular weight is 687 g/mol. The normalized spacial score (nSPS) is 20.4. The molecule has 3 aliphatic heterocycles. The number of rotatable bonds is 7. The van der Waals surface area contributed by atoms with Crippen molar-refractivity contribution >= 4 is 17.7 Å². The molecule has 3 aliphatic rings. The van der Waals surface area contributed by atoms with Crippen LogP contribution in [0, 0.1) is 5.92 Å². The molecule has 14 heteroatoms. The van der Waals surface area contributed by atoms with Crippen LogP contribution in [0.5, 0.6) is 0 Å². The van der Waals surface area contributed by atoms with E-state index < -0.39 is 40.9 Å². The number of halogens is 4. The van der Waals surface area contributed by atoms with E-state index in [1.807, 2.05) is 13.8 Å². The summed E-state index contributed by atoms with van der Waals surface area (Å²) in [5.74, 6) is -0.335. The van der Waals surface area contributed by atoms with Gasteiger partial charge in [-0.15, -0.1) is 10.2 Å².